The highest BCUT2D eigenvalue weighted by molar-refractivity contribution is 6.25. The number of carbonyl (C=O) groups excluding carboxylic acids is 2. The second kappa shape index (κ2) is 4.69. The van der Waals surface area contributed by atoms with Crippen LogP contribution in [0, 0.1) is 5.92 Å². The fourth-order valence-corrected chi connectivity index (χ4v) is 2.99. The normalized spacial score (nSPS) is 24.9. The summed E-state index contributed by atoms with van der Waals surface area (Å²) in [4.78, 5) is 25.2. The van der Waals surface area contributed by atoms with Gasteiger partial charge in [0.1, 0.15) is 5.92 Å². The third kappa shape index (κ3) is 1.71. The summed E-state index contributed by atoms with van der Waals surface area (Å²) >= 11 is 0. The molecule has 3 rings (SSSR count). The summed E-state index contributed by atoms with van der Waals surface area (Å²) in [7, 11) is 0. The molecule has 0 spiro atoms. The zero-order valence-electron chi connectivity index (χ0n) is 11.0. The molecule has 1 saturated carbocycles. The maximum atomic E-state index is 12.6. The lowest BCUT2D eigenvalue weighted by Gasteiger charge is -2.14. The van der Waals surface area contributed by atoms with Crippen LogP contribution in [0.2, 0.25) is 0 Å². The number of benzene rings is 1. The first-order valence-electron chi connectivity index (χ1n) is 6.58. The number of rotatable bonds is 2. The maximum absolute atomic E-state index is 12.6. The molecule has 0 saturated heterocycles. The Morgan fingerprint density at radius 3 is 2.60 bits per heavy atom. The lowest BCUT2D eigenvalue weighted by atomic mass is 9.88. The van der Waals surface area contributed by atoms with Crippen molar-refractivity contribution < 1.29 is 9.59 Å². The van der Waals surface area contributed by atoms with Gasteiger partial charge >= 0.3 is 0 Å². The summed E-state index contributed by atoms with van der Waals surface area (Å²) in [6.45, 7) is 4.20. The van der Waals surface area contributed by atoms with Gasteiger partial charge in [-0.3, -0.25) is 9.59 Å². The van der Waals surface area contributed by atoms with Crippen LogP contribution in [0.4, 0.5) is 0 Å². The number of carbonyl (C=O) groups is 2. The number of Topliss-reactive ketones (excluding diaryl/α,β-unsaturated/α-hetero) is 2. The van der Waals surface area contributed by atoms with E-state index in [1.165, 1.54) is 0 Å². The zero-order valence-corrected chi connectivity index (χ0v) is 11.0. The number of allylic oxidation sites excluding steroid dienone is 5. The molecule has 2 N–H and O–H groups in total. The van der Waals surface area contributed by atoms with Gasteiger partial charge in [0.2, 0.25) is 0 Å². The van der Waals surface area contributed by atoms with E-state index in [0.717, 1.165) is 11.1 Å². The molecule has 0 aliphatic heterocycles. The first-order chi connectivity index (χ1) is 9.65. The summed E-state index contributed by atoms with van der Waals surface area (Å²) in [5.74, 6) is -1.42. The molecule has 3 nitrogen and oxygen atoms in total. The van der Waals surface area contributed by atoms with E-state index in [1.807, 2.05) is 24.3 Å². The van der Waals surface area contributed by atoms with Gasteiger partial charge in [0.15, 0.2) is 11.6 Å². The van der Waals surface area contributed by atoms with Gasteiger partial charge in [0.25, 0.3) is 0 Å². The van der Waals surface area contributed by atoms with Crippen LogP contribution in [0.1, 0.15) is 17.0 Å². The minimum absolute atomic E-state index is 0.0866. The van der Waals surface area contributed by atoms with Crippen LogP contribution in [0.15, 0.2) is 60.2 Å². The molecular weight excluding hydrogens is 250 g/mol. The van der Waals surface area contributed by atoms with Gasteiger partial charge in [-0.2, -0.15) is 0 Å². The predicted octanol–water partition coefficient (Wildman–Crippen LogP) is 2.05. The first kappa shape index (κ1) is 12.8. The summed E-state index contributed by atoms with van der Waals surface area (Å²) in [5.41, 5.74) is 8.53. The molecule has 3 heteroatoms. The van der Waals surface area contributed by atoms with Crippen molar-refractivity contribution in [2.45, 2.75) is 12.5 Å². The Morgan fingerprint density at radius 2 is 1.90 bits per heavy atom. The Bertz CT molecular complexity index is 682. The number of hydrogen-bond acceptors (Lipinski definition) is 3. The van der Waals surface area contributed by atoms with Crippen LogP contribution in [0.3, 0.4) is 0 Å². The Labute approximate surface area is 117 Å². The predicted molar refractivity (Wildman–Crippen MR) is 76.9 cm³/mol. The third-order valence-corrected chi connectivity index (χ3v) is 3.97. The van der Waals surface area contributed by atoms with Crippen molar-refractivity contribution >= 4 is 11.6 Å². The van der Waals surface area contributed by atoms with E-state index < -0.39 is 11.8 Å². The van der Waals surface area contributed by atoms with Crippen molar-refractivity contribution in [1.82, 2.24) is 0 Å². The van der Waals surface area contributed by atoms with Crippen LogP contribution in [-0.4, -0.2) is 11.6 Å². The van der Waals surface area contributed by atoms with E-state index in [4.69, 9.17) is 5.73 Å². The Morgan fingerprint density at radius 1 is 1.15 bits per heavy atom. The van der Waals surface area contributed by atoms with E-state index in [-0.39, 0.29) is 11.6 Å². The zero-order chi connectivity index (χ0) is 14.3. The van der Waals surface area contributed by atoms with Crippen molar-refractivity contribution in [3.8, 4) is 0 Å². The minimum Gasteiger partial charge on any atom is -0.326 e. The molecule has 2 atom stereocenters. The monoisotopic (exact) mass is 265 g/mol. The van der Waals surface area contributed by atoms with E-state index >= 15 is 0 Å². The maximum Gasteiger partial charge on any atom is 0.174 e. The lowest BCUT2D eigenvalue weighted by molar-refractivity contribution is -0.124. The van der Waals surface area contributed by atoms with Crippen molar-refractivity contribution in [3.63, 3.8) is 0 Å². The molecule has 1 aromatic carbocycles. The molecule has 0 radical (unpaired) electrons. The van der Waals surface area contributed by atoms with E-state index in [0.29, 0.717) is 17.7 Å². The van der Waals surface area contributed by atoms with Crippen LogP contribution < -0.4 is 5.73 Å². The smallest absolute Gasteiger partial charge is 0.174 e. The fraction of sp³-hybridized carbons (Fsp3) is 0.176. The highest BCUT2D eigenvalue weighted by Gasteiger charge is 2.47. The van der Waals surface area contributed by atoms with Crippen LogP contribution >= 0.6 is 0 Å². The molecule has 100 valence electrons. The summed E-state index contributed by atoms with van der Waals surface area (Å²) in [5, 5.41) is 0. The summed E-state index contributed by atoms with van der Waals surface area (Å²) < 4.78 is 0. The topological polar surface area (TPSA) is 60.2 Å². The molecule has 2 aliphatic rings. The van der Waals surface area contributed by atoms with Gasteiger partial charge in [-0.05, 0) is 16.7 Å². The lowest BCUT2D eigenvalue weighted by Crippen LogP contribution is -2.18. The Kier molecular flexibility index (Phi) is 2.99. The number of hydrogen-bond donors (Lipinski definition) is 1. The third-order valence-electron chi connectivity index (χ3n) is 3.97. The van der Waals surface area contributed by atoms with Crippen LogP contribution in [0.5, 0.6) is 0 Å². The van der Waals surface area contributed by atoms with E-state index in [1.54, 1.807) is 18.2 Å². The Balaban J connectivity index is 2.11. The second-order valence-corrected chi connectivity index (χ2v) is 5.09. The number of nitrogens with two attached hydrogens (primary N) is 1. The van der Waals surface area contributed by atoms with Gasteiger partial charge in [-0.15, -0.1) is 0 Å². The van der Waals surface area contributed by atoms with E-state index in [9.17, 15) is 9.59 Å². The molecule has 0 heterocycles. The second-order valence-electron chi connectivity index (χ2n) is 5.09. The van der Waals surface area contributed by atoms with Crippen molar-refractivity contribution in [1.29, 1.82) is 0 Å². The molecule has 1 aromatic rings. The molecule has 0 amide bonds. The van der Waals surface area contributed by atoms with Gasteiger partial charge in [-0.1, -0.05) is 49.1 Å². The van der Waals surface area contributed by atoms with Gasteiger partial charge in [-0.25, -0.2) is 0 Å². The highest BCUT2D eigenvalue weighted by Crippen LogP contribution is 2.42. The molecule has 20 heavy (non-hydrogen) atoms. The van der Waals surface area contributed by atoms with Gasteiger partial charge < -0.3 is 5.73 Å². The van der Waals surface area contributed by atoms with Crippen molar-refractivity contribution in [3.05, 3.63) is 71.3 Å². The fourth-order valence-electron chi connectivity index (χ4n) is 2.99. The van der Waals surface area contributed by atoms with Crippen molar-refractivity contribution in [2.75, 3.05) is 0 Å². The van der Waals surface area contributed by atoms with E-state index in [2.05, 4.69) is 6.58 Å². The molecular formula is C17H15NO2. The van der Waals surface area contributed by atoms with Crippen molar-refractivity contribution in [2.24, 2.45) is 11.7 Å². The molecule has 0 bridgehead atoms. The quantitative estimate of drug-likeness (QED) is 0.832. The standard InChI is InChI=1S/C17H15NO2/c1-10-5-4-8-13-14(10)17(20)15(16(13)19)12-7-3-2-6-11(12)9-18/h2-8,14-15H,1,9,18H2. The summed E-state index contributed by atoms with van der Waals surface area (Å²) in [6, 6.07) is 7.37. The van der Waals surface area contributed by atoms with Crippen LogP contribution in [-0.2, 0) is 16.1 Å². The minimum atomic E-state index is -0.734. The average Bonchev–Trinajstić information content (AvgIpc) is 2.72. The van der Waals surface area contributed by atoms with Gasteiger partial charge in [0.05, 0.1) is 5.92 Å². The van der Waals surface area contributed by atoms with Crippen LogP contribution in [0.25, 0.3) is 0 Å². The molecule has 2 unspecified atom stereocenters. The summed E-state index contributed by atoms with van der Waals surface area (Å²) in [6.07, 6.45) is 5.29. The Hall–Kier alpha value is -2.26. The highest BCUT2D eigenvalue weighted by atomic mass is 16.2. The number of fused-ring (bicyclic) bond motifs is 1. The number of ketones is 2. The average molecular weight is 265 g/mol. The molecule has 1 fully saturated rings. The SMILES string of the molecule is C=C1C=CC=C2C(=O)C(c3ccccc3CN)C(=O)C12. The van der Waals surface area contributed by atoms with Gasteiger partial charge in [0, 0.05) is 12.1 Å². The first-order valence-corrected chi connectivity index (χ1v) is 6.58. The molecule has 2 aliphatic carbocycles. The largest absolute Gasteiger partial charge is 0.326 e. The molecule has 0 aromatic heterocycles.